The average Bonchev–Trinajstić information content (AvgIpc) is 3.05. The smallest absolute Gasteiger partial charge is 0.138 e. The van der Waals surface area contributed by atoms with Crippen LogP contribution in [0.2, 0.25) is 5.02 Å². The number of rotatable bonds is 7. The molecule has 7 heteroatoms. The predicted octanol–water partition coefficient (Wildman–Crippen LogP) is 5.08. The lowest BCUT2D eigenvalue weighted by atomic mass is 10.3. The van der Waals surface area contributed by atoms with Crippen molar-refractivity contribution in [2.24, 2.45) is 0 Å². The Morgan fingerprint density at radius 1 is 1.04 bits per heavy atom. The van der Waals surface area contributed by atoms with Gasteiger partial charge in [-0.15, -0.1) is 0 Å². The summed E-state index contributed by atoms with van der Waals surface area (Å²) < 4.78 is 39.2. The summed E-state index contributed by atoms with van der Waals surface area (Å²) in [6.07, 6.45) is 4.38. The summed E-state index contributed by atoms with van der Waals surface area (Å²) in [7, 11) is 0. The van der Waals surface area contributed by atoms with Crippen molar-refractivity contribution in [2.75, 3.05) is 6.61 Å². The van der Waals surface area contributed by atoms with Gasteiger partial charge in [0.15, 0.2) is 0 Å². The first-order chi connectivity index (χ1) is 12.1. The monoisotopic (exact) mass is 364 g/mol. The summed E-state index contributed by atoms with van der Waals surface area (Å²) in [6, 6.07) is 9.64. The Hall–Kier alpha value is -2.60. The van der Waals surface area contributed by atoms with Crippen molar-refractivity contribution in [3.05, 3.63) is 71.5 Å². The van der Waals surface area contributed by atoms with Crippen LogP contribution in [0.15, 0.2) is 54.9 Å². The third kappa shape index (κ3) is 4.93. The van der Waals surface area contributed by atoms with Gasteiger partial charge in [0.05, 0.1) is 11.6 Å². The third-order valence-electron chi connectivity index (χ3n) is 3.32. The predicted molar refractivity (Wildman–Crippen MR) is 90.2 cm³/mol. The first-order valence-electron chi connectivity index (χ1n) is 7.64. The minimum atomic E-state index is -0.710. The number of hydrogen-bond donors (Lipinski definition) is 0. The summed E-state index contributed by atoms with van der Waals surface area (Å²) in [4.78, 5) is 0. The van der Waals surface area contributed by atoms with Crippen LogP contribution in [0.25, 0.3) is 0 Å². The molecule has 0 saturated carbocycles. The van der Waals surface area contributed by atoms with E-state index in [0.717, 1.165) is 31.2 Å². The molecule has 0 unspecified atom stereocenters. The average molecular weight is 365 g/mol. The molecule has 2 aromatic carbocycles. The zero-order valence-corrected chi connectivity index (χ0v) is 13.9. The van der Waals surface area contributed by atoms with Crippen molar-refractivity contribution in [2.45, 2.75) is 13.0 Å². The second-order valence-electron chi connectivity index (χ2n) is 5.27. The van der Waals surface area contributed by atoms with Crippen LogP contribution in [0.4, 0.5) is 8.78 Å². The lowest BCUT2D eigenvalue weighted by Crippen LogP contribution is -2.05. The van der Waals surface area contributed by atoms with Crippen LogP contribution >= 0.6 is 11.6 Å². The molecule has 0 spiro atoms. The maximum absolute atomic E-state index is 13.2. The molecule has 1 aromatic heterocycles. The van der Waals surface area contributed by atoms with E-state index in [0.29, 0.717) is 23.1 Å². The molecule has 0 fully saturated rings. The molecule has 0 amide bonds. The fraction of sp³-hybridized carbons (Fsp3) is 0.167. The highest BCUT2D eigenvalue weighted by molar-refractivity contribution is 6.32. The van der Waals surface area contributed by atoms with E-state index in [2.05, 4.69) is 5.10 Å². The molecule has 25 heavy (non-hydrogen) atoms. The number of hydrogen-bond acceptors (Lipinski definition) is 3. The Bertz CT molecular complexity index is 821. The topological polar surface area (TPSA) is 36.3 Å². The van der Waals surface area contributed by atoms with Gasteiger partial charge in [0, 0.05) is 49.6 Å². The summed E-state index contributed by atoms with van der Waals surface area (Å²) in [5, 5.41) is 4.46. The zero-order chi connectivity index (χ0) is 17.6. The Morgan fingerprint density at radius 2 is 1.84 bits per heavy atom. The highest BCUT2D eigenvalue weighted by Crippen LogP contribution is 2.31. The first-order valence-corrected chi connectivity index (χ1v) is 8.02. The number of aromatic nitrogens is 2. The number of aryl methyl sites for hydroxylation is 1. The molecule has 0 aliphatic carbocycles. The molecular weight excluding hydrogens is 350 g/mol. The summed E-state index contributed by atoms with van der Waals surface area (Å²) in [5.41, 5.74) is 0. The van der Waals surface area contributed by atoms with Gasteiger partial charge in [-0.05, 0) is 18.2 Å². The van der Waals surface area contributed by atoms with Crippen molar-refractivity contribution in [1.29, 1.82) is 0 Å². The molecule has 1 heterocycles. The van der Waals surface area contributed by atoms with E-state index in [1.807, 2.05) is 16.9 Å². The molecule has 0 atom stereocenters. The largest absolute Gasteiger partial charge is 0.492 e. The molecule has 0 saturated heterocycles. The molecule has 0 radical (unpaired) electrons. The highest BCUT2D eigenvalue weighted by atomic mass is 35.5. The van der Waals surface area contributed by atoms with E-state index in [4.69, 9.17) is 21.1 Å². The molecule has 3 aromatic rings. The van der Waals surface area contributed by atoms with Crippen LogP contribution in [-0.4, -0.2) is 16.4 Å². The van der Waals surface area contributed by atoms with Gasteiger partial charge in [0.2, 0.25) is 0 Å². The van der Waals surface area contributed by atoms with Gasteiger partial charge in [-0.3, -0.25) is 4.68 Å². The van der Waals surface area contributed by atoms with E-state index < -0.39 is 11.6 Å². The van der Waals surface area contributed by atoms with Gasteiger partial charge >= 0.3 is 0 Å². The van der Waals surface area contributed by atoms with E-state index in [9.17, 15) is 8.78 Å². The fourth-order valence-electron chi connectivity index (χ4n) is 2.23. The van der Waals surface area contributed by atoms with Crippen LogP contribution in [0.3, 0.4) is 0 Å². The van der Waals surface area contributed by atoms with Crippen molar-refractivity contribution >= 4 is 11.6 Å². The number of benzene rings is 2. The number of nitrogens with zero attached hydrogens (tertiary/aromatic N) is 2. The maximum atomic E-state index is 13.2. The van der Waals surface area contributed by atoms with E-state index in [-0.39, 0.29) is 5.75 Å². The molecule has 130 valence electrons. The Kier molecular flexibility index (Phi) is 5.50. The van der Waals surface area contributed by atoms with Crippen LogP contribution in [0.1, 0.15) is 6.42 Å². The van der Waals surface area contributed by atoms with E-state index >= 15 is 0 Å². The maximum Gasteiger partial charge on any atom is 0.138 e. The Morgan fingerprint density at radius 3 is 2.52 bits per heavy atom. The standard InChI is InChI=1S/C18H15ClF2N2O2/c19-17-12-15(25-16-10-13(20)9-14(21)11-16)3-4-18(17)24-8-2-7-23-6-1-5-22-23/h1,3-6,9-12H,2,7-8H2. The molecule has 3 rings (SSSR count). The van der Waals surface area contributed by atoms with Gasteiger partial charge in [-0.1, -0.05) is 11.6 Å². The molecule has 0 aliphatic rings. The summed E-state index contributed by atoms with van der Waals surface area (Å²) in [6.45, 7) is 1.23. The number of halogens is 3. The molecular formula is C18H15ClF2N2O2. The molecule has 0 N–H and O–H groups in total. The lowest BCUT2D eigenvalue weighted by Gasteiger charge is -2.11. The SMILES string of the molecule is Fc1cc(F)cc(Oc2ccc(OCCCn3cccn3)c(Cl)c2)c1. The van der Waals surface area contributed by atoms with E-state index in [1.165, 1.54) is 6.07 Å². The summed E-state index contributed by atoms with van der Waals surface area (Å²) in [5.74, 6) is -0.489. The number of ether oxygens (including phenoxy) is 2. The molecule has 4 nitrogen and oxygen atoms in total. The Labute approximate surface area is 148 Å². The Balaban J connectivity index is 1.56. The zero-order valence-electron chi connectivity index (χ0n) is 13.2. The molecule has 0 bridgehead atoms. The van der Waals surface area contributed by atoms with Gasteiger partial charge < -0.3 is 9.47 Å². The van der Waals surface area contributed by atoms with Gasteiger partial charge in [-0.25, -0.2) is 8.78 Å². The van der Waals surface area contributed by atoms with Crippen LogP contribution < -0.4 is 9.47 Å². The van der Waals surface area contributed by atoms with Gasteiger partial charge in [0.25, 0.3) is 0 Å². The minimum absolute atomic E-state index is 0.0569. The van der Waals surface area contributed by atoms with E-state index in [1.54, 1.807) is 18.3 Å². The van der Waals surface area contributed by atoms with Gasteiger partial charge in [0.1, 0.15) is 28.9 Å². The quantitative estimate of drug-likeness (QED) is 0.549. The molecule has 0 aliphatic heterocycles. The van der Waals surface area contributed by atoms with Crippen molar-refractivity contribution in [1.82, 2.24) is 9.78 Å². The second-order valence-corrected chi connectivity index (χ2v) is 5.68. The van der Waals surface area contributed by atoms with Crippen molar-refractivity contribution < 1.29 is 18.3 Å². The lowest BCUT2D eigenvalue weighted by molar-refractivity contribution is 0.298. The van der Waals surface area contributed by atoms with Gasteiger partial charge in [-0.2, -0.15) is 5.10 Å². The van der Waals surface area contributed by atoms with Crippen molar-refractivity contribution in [3.63, 3.8) is 0 Å². The third-order valence-corrected chi connectivity index (χ3v) is 3.62. The normalized spacial score (nSPS) is 10.7. The summed E-state index contributed by atoms with van der Waals surface area (Å²) >= 11 is 6.17. The first kappa shape index (κ1) is 17.2. The van der Waals surface area contributed by atoms with Crippen molar-refractivity contribution in [3.8, 4) is 17.2 Å². The second kappa shape index (κ2) is 7.98. The minimum Gasteiger partial charge on any atom is -0.492 e. The van der Waals surface area contributed by atoms with Crippen LogP contribution in [-0.2, 0) is 6.54 Å². The van der Waals surface area contributed by atoms with Crippen LogP contribution in [0, 0.1) is 11.6 Å². The highest BCUT2D eigenvalue weighted by Gasteiger charge is 2.07. The van der Waals surface area contributed by atoms with Crippen LogP contribution in [0.5, 0.6) is 17.2 Å². The fourth-order valence-corrected chi connectivity index (χ4v) is 2.45.